The Bertz CT molecular complexity index is 951. The van der Waals surface area contributed by atoms with Crippen molar-refractivity contribution in [3.63, 3.8) is 0 Å². The summed E-state index contributed by atoms with van der Waals surface area (Å²) >= 11 is 0. The Morgan fingerprint density at radius 1 is 1.28 bits per heavy atom. The number of likely N-dealkylation sites (tertiary alicyclic amines) is 1. The molecule has 0 N–H and O–H groups in total. The van der Waals surface area contributed by atoms with Crippen LogP contribution in [0.25, 0.3) is 0 Å². The van der Waals surface area contributed by atoms with E-state index in [1.165, 1.54) is 18.6 Å². The van der Waals surface area contributed by atoms with E-state index in [4.69, 9.17) is 9.15 Å². The molecule has 8 nitrogen and oxygen atoms in total. The van der Waals surface area contributed by atoms with E-state index in [-0.39, 0.29) is 29.2 Å². The fourth-order valence-corrected chi connectivity index (χ4v) is 4.55. The zero-order chi connectivity index (χ0) is 20.5. The first kappa shape index (κ1) is 19.4. The van der Waals surface area contributed by atoms with Crippen molar-refractivity contribution < 1.29 is 18.7 Å². The maximum Gasteiger partial charge on any atom is 0.257 e. The molecule has 4 rings (SSSR count). The summed E-state index contributed by atoms with van der Waals surface area (Å²) < 4.78 is 11.8. The third-order valence-electron chi connectivity index (χ3n) is 5.96. The molecule has 2 aromatic rings. The molecule has 2 amide bonds. The summed E-state index contributed by atoms with van der Waals surface area (Å²) in [5.74, 6) is -0.349. The Kier molecular flexibility index (Phi) is 5.27. The average molecular weight is 399 g/mol. The first-order valence-corrected chi connectivity index (χ1v) is 9.78. The van der Waals surface area contributed by atoms with Crippen molar-refractivity contribution in [2.45, 2.75) is 18.4 Å². The van der Waals surface area contributed by atoms with Gasteiger partial charge in [-0.25, -0.2) is 0 Å². The average Bonchev–Trinajstić information content (AvgIpc) is 3.26. The molecular weight excluding hydrogens is 374 g/mol. The second kappa shape index (κ2) is 7.87. The normalized spacial score (nSPS) is 22.8. The van der Waals surface area contributed by atoms with Gasteiger partial charge in [0.15, 0.2) is 0 Å². The van der Waals surface area contributed by atoms with Gasteiger partial charge in [0.05, 0.1) is 18.4 Å². The number of likely N-dealkylation sites (N-methyl/N-ethyl adjacent to an activating group) is 1. The number of pyridine rings is 1. The molecule has 154 valence electrons. The van der Waals surface area contributed by atoms with E-state index in [9.17, 15) is 14.4 Å². The van der Waals surface area contributed by atoms with E-state index in [1.54, 1.807) is 40.7 Å². The fraction of sp³-hybridized carbons (Fsp3) is 0.476. The molecule has 0 aromatic carbocycles. The largest absolute Gasteiger partial charge is 0.472 e. The van der Waals surface area contributed by atoms with Crippen molar-refractivity contribution in [1.82, 2.24) is 14.4 Å². The lowest BCUT2D eigenvalue weighted by Gasteiger charge is -2.46. The van der Waals surface area contributed by atoms with Crippen molar-refractivity contribution in [3.05, 3.63) is 58.4 Å². The molecule has 0 spiro atoms. The topological polar surface area (TPSA) is 85.0 Å². The second-order valence-electron chi connectivity index (χ2n) is 7.77. The van der Waals surface area contributed by atoms with Crippen LogP contribution < -0.4 is 5.56 Å². The number of rotatable bonds is 5. The molecule has 0 radical (unpaired) electrons. The van der Waals surface area contributed by atoms with Gasteiger partial charge in [0.1, 0.15) is 12.3 Å². The predicted molar refractivity (Wildman–Crippen MR) is 105 cm³/mol. The lowest BCUT2D eigenvalue weighted by atomic mass is 9.77. The molecule has 1 fully saturated rings. The number of amides is 2. The molecule has 1 saturated heterocycles. The van der Waals surface area contributed by atoms with Crippen molar-refractivity contribution in [2.24, 2.45) is 5.92 Å². The van der Waals surface area contributed by atoms with Crippen LogP contribution in [-0.2, 0) is 9.53 Å². The van der Waals surface area contributed by atoms with Crippen LogP contribution in [0.15, 0.2) is 46.0 Å². The third kappa shape index (κ3) is 3.48. The van der Waals surface area contributed by atoms with Crippen LogP contribution in [-0.4, -0.2) is 66.6 Å². The summed E-state index contributed by atoms with van der Waals surface area (Å²) in [6.45, 7) is 1.81. The van der Waals surface area contributed by atoms with Gasteiger partial charge < -0.3 is 19.0 Å². The van der Waals surface area contributed by atoms with Gasteiger partial charge in [-0.1, -0.05) is 6.07 Å². The van der Waals surface area contributed by atoms with Crippen molar-refractivity contribution >= 4 is 11.8 Å². The number of nitrogens with zero attached hydrogens (tertiary/aromatic N) is 3. The Morgan fingerprint density at radius 3 is 2.83 bits per heavy atom. The molecule has 4 heterocycles. The summed E-state index contributed by atoms with van der Waals surface area (Å²) in [6, 6.07) is 6.13. The lowest BCUT2D eigenvalue weighted by Crippen LogP contribution is -2.54. The summed E-state index contributed by atoms with van der Waals surface area (Å²) in [5.41, 5.74) is 1.14. The molecule has 0 aliphatic carbocycles. The minimum absolute atomic E-state index is 0.0202. The Hall–Kier alpha value is -2.87. The first-order valence-electron chi connectivity index (χ1n) is 9.78. The van der Waals surface area contributed by atoms with Crippen LogP contribution in [0.1, 0.15) is 34.4 Å². The molecule has 3 atom stereocenters. The number of furan rings is 1. The third-order valence-corrected chi connectivity index (χ3v) is 5.96. The smallest absolute Gasteiger partial charge is 0.257 e. The standard InChI is InChI=1S/C21H25N3O5/c1-22(7-9-28-2)21(27)19-16-10-15(17-4-3-5-18(25)24(17)19)11-23(12-16)20(26)14-6-8-29-13-14/h3-6,8,13,15-16,19H,7,9-12H2,1-2H3/t15-,16+,19+/m0/s1. The van der Waals surface area contributed by atoms with Crippen LogP contribution in [0, 0.1) is 5.92 Å². The number of ether oxygens (including phenoxy) is 1. The van der Waals surface area contributed by atoms with E-state index in [1.807, 2.05) is 6.07 Å². The van der Waals surface area contributed by atoms with Gasteiger partial charge in [0.2, 0.25) is 5.91 Å². The monoisotopic (exact) mass is 399 g/mol. The zero-order valence-electron chi connectivity index (χ0n) is 16.6. The van der Waals surface area contributed by atoms with Crippen LogP contribution in [0.3, 0.4) is 0 Å². The number of fused-ring (bicyclic) bond motifs is 4. The minimum atomic E-state index is -0.628. The molecule has 0 saturated carbocycles. The molecule has 2 aliphatic heterocycles. The SMILES string of the molecule is COCCN(C)C(=O)[C@H]1[C@@H]2C[C@@H](CN(C(=O)c3ccoc3)C2)c2cccc(=O)n21. The van der Waals surface area contributed by atoms with Crippen molar-refractivity contribution in [1.29, 1.82) is 0 Å². The Labute approximate surface area is 168 Å². The number of methoxy groups -OCH3 is 1. The number of hydrogen-bond acceptors (Lipinski definition) is 5. The second-order valence-corrected chi connectivity index (χ2v) is 7.77. The zero-order valence-corrected chi connectivity index (χ0v) is 16.6. The fourth-order valence-electron chi connectivity index (χ4n) is 4.55. The van der Waals surface area contributed by atoms with E-state index >= 15 is 0 Å². The molecule has 0 unspecified atom stereocenters. The van der Waals surface area contributed by atoms with Gasteiger partial charge in [0.25, 0.3) is 11.5 Å². The summed E-state index contributed by atoms with van der Waals surface area (Å²) in [4.78, 5) is 42.3. The van der Waals surface area contributed by atoms with Gasteiger partial charge in [-0.15, -0.1) is 0 Å². The highest BCUT2D eigenvalue weighted by molar-refractivity contribution is 5.94. The van der Waals surface area contributed by atoms with Gasteiger partial charge in [-0.2, -0.15) is 0 Å². The Balaban J connectivity index is 1.70. The van der Waals surface area contributed by atoms with Crippen LogP contribution in [0.2, 0.25) is 0 Å². The van der Waals surface area contributed by atoms with E-state index in [0.29, 0.717) is 31.8 Å². The van der Waals surface area contributed by atoms with Crippen LogP contribution >= 0.6 is 0 Å². The van der Waals surface area contributed by atoms with Crippen LogP contribution in [0.5, 0.6) is 0 Å². The maximum atomic E-state index is 13.3. The number of carbonyl (C=O) groups is 2. The highest BCUT2D eigenvalue weighted by Crippen LogP contribution is 2.42. The maximum absolute atomic E-state index is 13.3. The summed E-state index contributed by atoms with van der Waals surface area (Å²) in [5, 5.41) is 0. The number of aromatic nitrogens is 1. The van der Waals surface area contributed by atoms with E-state index in [2.05, 4.69) is 0 Å². The van der Waals surface area contributed by atoms with Crippen molar-refractivity contribution in [2.75, 3.05) is 40.4 Å². The lowest BCUT2D eigenvalue weighted by molar-refractivity contribution is -0.137. The first-order chi connectivity index (χ1) is 14.0. The predicted octanol–water partition coefficient (Wildman–Crippen LogP) is 1.35. The molecule has 2 bridgehead atoms. The molecule has 29 heavy (non-hydrogen) atoms. The number of hydrogen-bond donors (Lipinski definition) is 0. The van der Waals surface area contributed by atoms with Crippen molar-refractivity contribution in [3.8, 4) is 0 Å². The van der Waals surface area contributed by atoms with Gasteiger partial charge in [-0.05, 0) is 18.6 Å². The van der Waals surface area contributed by atoms with E-state index < -0.39 is 6.04 Å². The molecular formula is C21H25N3O5. The summed E-state index contributed by atoms with van der Waals surface area (Å²) in [6.07, 6.45) is 3.68. The number of carbonyl (C=O) groups excluding carboxylic acids is 2. The highest BCUT2D eigenvalue weighted by Gasteiger charge is 2.45. The quantitative estimate of drug-likeness (QED) is 0.758. The van der Waals surface area contributed by atoms with E-state index in [0.717, 1.165) is 12.1 Å². The molecule has 2 aromatic heterocycles. The Morgan fingerprint density at radius 2 is 2.10 bits per heavy atom. The van der Waals surface area contributed by atoms with Gasteiger partial charge in [-0.3, -0.25) is 19.0 Å². The van der Waals surface area contributed by atoms with Gasteiger partial charge >= 0.3 is 0 Å². The summed E-state index contributed by atoms with van der Waals surface area (Å²) in [7, 11) is 3.31. The highest BCUT2D eigenvalue weighted by atomic mass is 16.5. The van der Waals surface area contributed by atoms with Gasteiger partial charge in [0, 0.05) is 57.4 Å². The molecule has 8 heteroatoms. The minimum Gasteiger partial charge on any atom is -0.472 e. The number of piperidine rings is 1. The molecule has 2 aliphatic rings. The van der Waals surface area contributed by atoms with Crippen LogP contribution in [0.4, 0.5) is 0 Å².